The minimum Gasteiger partial charge on any atom is -0.480 e. The van der Waals surface area contributed by atoms with Gasteiger partial charge in [0.2, 0.25) is 0 Å². The van der Waals surface area contributed by atoms with Crippen molar-refractivity contribution in [2.45, 2.75) is 6.54 Å². The van der Waals surface area contributed by atoms with Crippen LogP contribution < -0.4 is 5.56 Å². The molecule has 0 spiro atoms. The van der Waals surface area contributed by atoms with Crippen LogP contribution in [0.2, 0.25) is 0 Å². The highest BCUT2D eigenvalue weighted by atomic mass is 19.1. The lowest BCUT2D eigenvalue weighted by Crippen LogP contribution is -2.25. The SMILES string of the molecule is O=C(O)Cn1ccc2c(nnc3c(-c4ccc(F)cc4)cnn32)c1=O. The van der Waals surface area contributed by atoms with Gasteiger partial charge in [0.25, 0.3) is 5.56 Å². The molecule has 0 bridgehead atoms. The van der Waals surface area contributed by atoms with Crippen molar-refractivity contribution in [2.24, 2.45) is 0 Å². The molecule has 4 aromatic rings. The van der Waals surface area contributed by atoms with Gasteiger partial charge in [-0.3, -0.25) is 9.59 Å². The zero-order chi connectivity index (χ0) is 17.6. The second-order valence-corrected chi connectivity index (χ2v) is 5.38. The molecule has 25 heavy (non-hydrogen) atoms. The fraction of sp³-hybridized carbons (Fsp3) is 0.0625. The van der Waals surface area contributed by atoms with Gasteiger partial charge in [0.05, 0.1) is 6.20 Å². The lowest BCUT2D eigenvalue weighted by Gasteiger charge is -2.05. The molecular weight excluding hydrogens is 329 g/mol. The highest BCUT2D eigenvalue weighted by Gasteiger charge is 2.15. The predicted octanol–water partition coefficient (Wildman–Crippen LogP) is 1.33. The van der Waals surface area contributed by atoms with E-state index < -0.39 is 18.1 Å². The van der Waals surface area contributed by atoms with Gasteiger partial charge in [0.1, 0.15) is 17.9 Å². The standard InChI is InChI=1S/C16H10FN5O3/c17-10-3-1-9(2-4-10)11-7-18-22-12-5-6-21(8-13(23)24)16(25)14(12)19-20-15(11)22/h1-7H,8H2,(H,23,24). The molecule has 0 radical (unpaired) electrons. The summed E-state index contributed by atoms with van der Waals surface area (Å²) >= 11 is 0. The maximum Gasteiger partial charge on any atom is 0.323 e. The van der Waals surface area contributed by atoms with E-state index in [4.69, 9.17) is 5.11 Å². The summed E-state index contributed by atoms with van der Waals surface area (Å²) in [5.41, 5.74) is 1.63. The molecule has 0 saturated heterocycles. The first-order valence-corrected chi connectivity index (χ1v) is 7.26. The second kappa shape index (κ2) is 5.48. The molecule has 0 unspecified atom stereocenters. The summed E-state index contributed by atoms with van der Waals surface area (Å²) in [6, 6.07) is 7.42. The quantitative estimate of drug-likeness (QED) is 0.604. The Morgan fingerprint density at radius 2 is 1.92 bits per heavy atom. The molecule has 4 rings (SSSR count). The van der Waals surface area contributed by atoms with Gasteiger partial charge in [0, 0.05) is 11.8 Å². The monoisotopic (exact) mass is 339 g/mol. The van der Waals surface area contributed by atoms with Crippen LogP contribution in [0.15, 0.2) is 47.5 Å². The number of nitrogens with zero attached hydrogens (tertiary/aromatic N) is 5. The minimum atomic E-state index is -1.13. The largest absolute Gasteiger partial charge is 0.480 e. The van der Waals surface area contributed by atoms with Gasteiger partial charge < -0.3 is 9.67 Å². The summed E-state index contributed by atoms with van der Waals surface area (Å²) in [5.74, 6) is -1.48. The van der Waals surface area contributed by atoms with Gasteiger partial charge in [-0.05, 0) is 23.8 Å². The summed E-state index contributed by atoms with van der Waals surface area (Å²) in [6.07, 6.45) is 2.93. The van der Waals surface area contributed by atoms with E-state index in [0.717, 1.165) is 4.57 Å². The first kappa shape index (κ1) is 14.9. The molecule has 8 nitrogen and oxygen atoms in total. The molecule has 0 aliphatic rings. The number of pyridine rings is 1. The third kappa shape index (κ3) is 2.42. The maximum absolute atomic E-state index is 13.1. The van der Waals surface area contributed by atoms with Crippen molar-refractivity contribution in [3.8, 4) is 11.1 Å². The summed E-state index contributed by atoms with van der Waals surface area (Å²) in [4.78, 5) is 23.1. The zero-order valence-electron chi connectivity index (χ0n) is 12.6. The summed E-state index contributed by atoms with van der Waals surface area (Å²) in [5, 5.41) is 21.1. The molecule has 3 heterocycles. The average Bonchev–Trinajstić information content (AvgIpc) is 3.02. The predicted molar refractivity (Wildman–Crippen MR) is 85.6 cm³/mol. The van der Waals surface area contributed by atoms with E-state index in [0.29, 0.717) is 22.3 Å². The van der Waals surface area contributed by atoms with Crippen LogP contribution in [0, 0.1) is 5.82 Å². The van der Waals surface area contributed by atoms with Crippen LogP contribution >= 0.6 is 0 Å². The number of benzene rings is 1. The molecule has 124 valence electrons. The Morgan fingerprint density at radius 1 is 1.16 bits per heavy atom. The van der Waals surface area contributed by atoms with Crippen molar-refractivity contribution in [1.82, 2.24) is 24.4 Å². The van der Waals surface area contributed by atoms with Gasteiger partial charge in [0.15, 0.2) is 11.2 Å². The lowest BCUT2D eigenvalue weighted by molar-refractivity contribution is -0.137. The Labute approximate surface area is 138 Å². The number of carboxylic acids is 1. The first-order valence-electron chi connectivity index (χ1n) is 7.26. The molecule has 0 amide bonds. The van der Waals surface area contributed by atoms with Gasteiger partial charge in [-0.2, -0.15) is 5.10 Å². The van der Waals surface area contributed by atoms with Crippen LogP contribution in [-0.2, 0) is 11.3 Å². The van der Waals surface area contributed by atoms with Crippen molar-refractivity contribution < 1.29 is 14.3 Å². The number of halogens is 1. The Balaban J connectivity index is 1.94. The van der Waals surface area contributed by atoms with Crippen molar-refractivity contribution in [3.63, 3.8) is 0 Å². The zero-order valence-corrected chi connectivity index (χ0v) is 12.6. The lowest BCUT2D eigenvalue weighted by atomic mass is 10.1. The van der Waals surface area contributed by atoms with E-state index in [1.165, 1.54) is 22.8 Å². The van der Waals surface area contributed by atoms with Gasteiger partial charge in [-0.25, -0.2) is 8.91 Å². The number of rotatable bonds is 3. The second-order valence-electron chi connectivity index (χ2n) is 5.38. The molecule has 0 aliphatic heterocycles. The van der Waals surface area contributed by atoms with Crippen molar-refractivity contribution in [2.75, 3.05) is 0 Å². The van der Waals surface area contributed by atoms with Gasteiger partial charge >= 0.3 is 5.97 Å². The smallest absolute Gasteiger partial charge is 0.323 e. The van der Waals surface area contributed by atoms with E-state index in [9.17, 15) is 14.0 Å². The van der Waals surface area contributed by atoms with Crippen LogP contribution in [0.3, 0.4) is 0 Å². The van der Waals surface area contributed by atoms with Crippen LogP contribution in [0.25, 0.3) is 27.8 Å². The maximum atomic E-state index is 13.1. The fourth-order valence-electron chi connectivity index (χ4n) is 2.63. The number of hydrogen-bond acceptors (Lipinski definition) is 5. The Kier molecular flexibility index (Phi) is 3.27. The third-order valence-electron chi connectivity index (χ3n) is 3.80. The number of carbonyl (C=O) groups is 1. The number of aliphatic carboxylic acids is 1. The summed E-state index contributed by atoms with van der Waals surface area (Å²) in [6.45, 7) is -0.464. The van der Waals surface area contributed by atoms with E-state index in [2.05, 4.69) is 15.3 Å². The highest BCUT2D eigenvalue weighted by Crippen LogP contribution is 2.24. The van der Waals surface area contributed by atoms with E-state index in [1.54, 1.807) is 24.4 Å². The molecule has 3 aromatic heterocycles. The highest BCUT2D eigenvalue weighted by molar-refractivity contribution is 5.82. The van der Waals surface area contributed by atoms with Crippen molar-refractivity contribution >= 4 is 22.6 Å². The minimum absolute atomic E-state index is 0.0185. The third-order valence-corrected chi connectivity index (χ3v) is 3.80. The molecule has 0 aliphatic carbocycles. The Morgan fingerprint density at radius 3 is 2.64 bits per heavy atom. The van der Waals surface area contributed by atoms with Gasteiger partial charge in [-0.15, -0.1) is 10.2 Å². The number of fused-ring (bicyclic) bond motifs is 3. The molecule has 0 fully saturated rings. The molecular formula is C16H10FN5O3. The molecule has 0 atom stereocenters. The first-order chi connectivity index (χ1) is 12.0. The van der Waals surface area contributed by atoms with Gasteiger partial charge in [-0.1, -0.05) is 12.1 Å². The van der Waals surface area contributed by atoms with Crippen LogP contribution in [0.5, 0.6) is 0 Å². The normalized spacial score (nSPS) is 11.2. The molecule has 1 N–H and O–H groups in total. The number of hydrogen-bond donors (Lipinski definition) is 1. The van der Waals surface area contributed by atoms with E-state index in [-0.39, 0.29) is 11.3 Å². The Bertz CT molecular complexity index is 1180. The topological polar surface area (TPSA) is 102 Å². The molecule has 0 saturated carbocycles. The van der Waals surface area contributed by atoms with E-state index >= 15 is 0 Å². The number of carboxylic acid groups (broad SMARTS) is 1. The van der Waals surface area contributed by atoms with Crippen LogP contribution in [0.4, 0.5) is 4.39 Å². The van der Waals surface area contributed by atoms with Crippen LogP contribution in [-0.4, -0.2) is 35.5 Å². The van der Waals surface area contributed by atoms with Crippen molar-refractivity contribution in [3.05, 3.63) is 58.9 Å². The molecule has 1 aromatic carbocycles. The summed E-state index contributed by atoms with van der Waals surface area (Å²) < 4.78 is 15.6. The average molecular weight is 339 g/mol. The number of aromatic nitrogens is 5. The Hall–Kier alpha value is -3.62. The summed E-state index contributed by atoms with van der Waals surface area (Å²) in [7, 11) is 0. The van der Waals surface area contributed by atoms with E-state index in [1.807, 2.05) is 0 Å². The van der Waals surface area contributed by atoms with Crippen molar-refractivity contribution in [1.29, 1.82) is 0 Å². The molecule has 9 heteroatoms. The van der Waals surface area contributed by atoms with Crippen LogP contribution in [0.1, 0.15) is 0 Å². The fourth-order valence-corrected chi connectivity index (χ4v) is 2.63.